The van der Waals surface area contributed by atoms with Crippen molar-refractivity contribution in [2.75, 3.05) is 6.54 Å². The Labute approximate surface area is 239 Å². The highest BCUT2D eigenvalue weighted by Crippen LogP contribution is 2.29. The summed E-state index contributed by atoms with van der Waals surface area (Å²) < 4.78 is 32.0. The Morgan fingerprint density at radius 2 is 1.55 bits per heavy atom. The van der Waals surface area contributed by atoms with Crippen molar-refractivity contribution in [2.24, 2.45) is 0 Å². The van der Waals surface area contributed by atoms with Crippen molar-refractivity contribution in [1.82, 2.24) is 13.7 Å². The number of benzene rings is 4. The van der Waals surface area contributed by atoms with Crippen LogP contribution in [0.25, 0.3) is 27.0 Å². The number of sulfonamides is 1. The number of imidazole rings is 1. The predicted octanol–water partition coefficient (Wildman–Crippen LogP) is 7.57. The zero-order valence-electron chi connectivity index (χ0n) is 22.8. The molecule has 2 heterocycles. The second kappa shape index (κ2) is 10.7. The normalized spacial score (nSPS) is 12.1. The molecule has 202 valence electrons. The molecule has 0 saturated carbocycles. The van der Waals surface area contributed by atoms with Crippen molar-refractivity contribution in [3.63, 3.8) is 0 Å². The summed E-state index contributed by atoms with van der Waals surface area (Å²) in [5, 5.41) is 4.47. The summed E-state index contributed by atoms with van der Waals surface area (Å²) in [4.78, 5) is 6.19. The van der Waals surface area contributed by atoms with Gasteiger partial charge in [-0.2, -0.15) is 4.31 Å². The minimum absolute atomic E-state index is 0.315. The third kappa shape index (κ3) is 5.08. The summed E-state index contributed by atoms with van der Waals surface area (Å²) in [5.74, 6) is 0. The summed E-state index contributed by atoms with van der Waals surface area (Å²) in [7, 11) is -3.73. The first-order valence-corrected chi connectivity index (χ1v) is 15.7. The third-order valence-electron chi connectivity index (χ3n) is 7.35. The smallest absolute Gasteiger partial charge is 0.243 e. The Hall–Kier alpha value is -3.78. The zero-order valence-corrected chi connectivity index (χ0v) is 24.5. The van der Waals surface area contributed by atoms with Crippen LogP contribution in [0.5, 0.6) is 0 Å². The van der Waals surface area contributed by atoms with Gasteiger partial charge in [0, 0.05) is 42.3 Å². The van der Waals surface area contributed by atoms with Gasteiger partial charge in [-0.3, -0.25) is 4.40 Å². The summed E-state index contributed by atoms with van der Waals surface area (Å²) in [6.45, 7) is 6.44. The van der Waals surface area contributed by atoms with Crippen molar-refractivity contribution in [3.8, 4) is 11.3 Å². The van der Waals surface area contributed by atoms with E-state index >= 15 is 0 Å². The molecule has 2 aromatic heterocycles. The monoisotopic (exact) mass is 565 g/mol. The lowest BCUT2D eigenvalue weighted by Crippen LogP contribution is -2.33. The van der Waals surface area contributed by atoms with Gasteiger partial charge in [-0.15, -0.1) is 11.3 Å². The average molecular weight is 566 g/mol. The fourth-order valence-electron chi connectivity index (χ4n) is 5.51. The molecule has 0 fully saturated rings. The highest BCUT2D eigenvalue weighted by molar-refractivity contribution is 7.89. The van der Waals surface area contributed by atoms with Crippen LogP contribution in [-0.2, 0) is 23.0 Å². The zero-order chi connectivity index (χ0) is 27.9. The number of aromatic nitrogens is 2. The van der Waals surface area contributed by atoms with Gasteiger partial charge in [0.2, 0.25) is 10.0 Å². The third-order valence-corrected chi connectivity index (χ3v) is 10.4. The predicted molar refractivity (Wildman–Crippen MR) is 164 cm³/mol. The SMILES string of the molecule is Cc1cc(C)c(S(=O)(=O)N(CCc2csc3nc(-c4ccc5ccccc5c4)cn23)Cc2ccccc2)c(C)c1. The van der Waals surface area contributed by atoms with Crippen LogP contribution in [0.3, 0.4) is 0 Å². The largest absolute Gasteiger partial charge is 0.294 e. The van der Waals surface area contributed by atoms with E-state index in [1.54, 1.807) is 15.6 Å². The van der Waals surface area contributed by atoms with Gasteiger partial charge < -0.3 is 0 Å². The maximum Gasteiger partial charge on any atom is 0.243 e. The molecular weight excluding hydrogens is 535 g/mol. The van der Waals surface area contributed by atoms with Crippen molar-refractivity contribution in [2.45, 2.75) is 38.6 Å². The van der Waals surface area contributed by atoms with E-state index in [9.17, 15) is 8.42 Å². The molecular formula is C33H31N3O2S2. The van der Waals surface area contributed by atoms with E-state index in [-0.39, 0.29) is 0 Å². The second-order valence-electron chi connectivity index (χ2n) is 10.4. The summed E-state index contributed by atoms with van der Waals surface area (Å²) in [5.41, 5.74) is 6.62. The number of aryl methyl sites for hydroxylation is 3. The molecule has 0 amide bonds. The molecule has 0 radical (unpaired) electrons. The molecule has 0 saturated heterocycles. The van der Waals surface area contributed by atoms with Crippen LogP contribution in [0, 0.1) is 20.8 Å². The van der Waals surface area contributed by atoms with Crippen LogP contribution in [0.15, 0.2) is 101 Å². The van der Waals surface area contributed by atoms with Gasteiger partial charge in [-0.05, 0) is 54.3 Å². The van der Waals surface area contributed by atoms with Gasteiger partial charge in [0.05, 0.1) is 10.6 Å². The van der Waals surface area contributed by atoms with E-state index in [0.29, 0.717) is 24.4 Å². The van der Waals surface area contributed by atoms with Gasteiger partial charge in [-0.1, -0.05) is 84.4 Å². The average Bonchev–Trinajstić information content (AvgIpc) is 3.52. The highest BCUT2D eigenvalue weighted by Gasteiger charge is 2.28. The number of rotatable bonds is 8. The summed E-state index contributed by atoms with van der Waals surface area (Å²) >= 11 is 1.58. The minimum Gasteiger partial charge on any atom is -0.294 e. The van der Waals surface area contributed by atoms with Crippen LogP contribution in [0.2, 0.25) is 0 Å². The van der Waals surface area contributed by atoms with E-state index in [4.69, 9.17) is 4.98 Å². The van der Waals surface area contributed by atoms with Crippen LogP contribution in [-0.4, -0.2) is 28.7 Å². The molecule has 6 rings (SSSR count). The standard InChI is InChI=1S/C33H31N3O2S2/c1-23-17-24(2)32(25(3)18-23)40(37,38)35(20-26-9-5-4-6-10-26)16-15-30-22-39-33-34-31(21-36(30)33)29-14-13-27-11-7-8-12-28(27)19-29/h4-14,17-19,21-22H,15-16,20H2,1-3H3. The first kappa shape index (κ1) is 26.4. The van der Waals surface area contributed by atoms with Gasteiger partial charge in [0.1, 0.15) is 0 Å². The molecule has 7 heteroatoms. The molecule has 0 unspecified atom stereocenters. The van der Waals surface area contributed by atoms with Gasteiger partial charge in [0.25, 0.3) is 0 Å². The highest BCUT2D eigenvalue weighted by atomic mass is 32.2. The lowest BCUT2D eigenvalue weighted by molar-refractivity contribution is 0.407. The molecule has 6 aromatic rings. The molecule has 0 spiro atoms. The van der Waals surface area contributed by atoms with Crippen molar-refractivity contribution >= 4 is 37.1 Å². The van der Waals surface area contributed by atoms with Crippen LogP contribution in [0.1, 0.15) is 27.9 Å². The first-order valence-electron chi connectivity index (χ1n) is 13.4. The van der Waals surface area contributed by atoms with Gasteiger partial charge in [0.15, 0.2) is 4.96 Å². The summed E-state index contributed by atoms with van der Waals surface area (Å²) in [6, 6.07) is 28.4. The Kier molecular flexibility index (Phi) is 7.04. The Balaban J connectivity index is 1.32. The van der Waals surface area contributed by atoms with Crippen LogP contribution in [0.4, 0.5) is 0 Å². The van der Waals surface area contributed by atoms with Crippen LogP contribution < -0.4 is 0 Å². The molecule has 0 aliphatic carbocycles. The van der Waals surface area contributed by atoms with Crippen molar-refractivity contribution in [3.05, 3.63) is 124 Å². The molecule has 0 atom stereocenters. The van der Waals surface area contributed by atoms with Gasteiger partial charge in [-0.25, -0.2) is 13.4 Å². The number of hydrogen-bond acceptors (Lipinski definition) is 4. The Morgan fingerprint density at radius 1 is 0.850 bits per heavy atom. The topological polar surface area (TPSA) is 54.7 Å². The quantitative estimate of drug-likeness (QED) is 0.191. The molecule has 40 heavy (non-hydrogen) atoms. The van der Waals surface area contributed by atoms with Crippen molar-refractivity contribution in [1.29, 1.82) is 0 Å². The lowest BCUT2D eigenvalue weighted by Gasteiger charge is -2.24. The Bertz CT molecular complexity index is 1920. The van der Waals surface area contributed by atoms with Gasteiger partial charge >= 0.3 is 0 Å². The Morgan fingerprint density at radius 3 is 2.30 bits per heavy atom. The van der Waals surface area contributed by atoms with E-state index in [0.717, 1.165) is 44.2 Å². The number of thiazole rings is 1. The number of hydrogen-bond donors (Lipinski definition) is 0. The number of nitrogens with zero attached hydrogens (tertiary/aromatic N) is 3. The molecule has 0 N–H and O–H groups in total. The van der Waals surface area contributed by atoms with E-state index in [2.05, 4.69) is 46.3 Å². The molecule has 0 aliphatic heterocycles. The van der Waals surface area contributed by atoms with E-state index < -0.39 is 10.0 Å². The fraction of sp³-hybridized carbons (Fsp3) is 0.182. The second-order valence-corrected chi connectivity index (χ2v) is 13.1. The van der Waals surface area contributed by atoms with Crippen LogP contribution >= 0.6 is 11.3 Å². The molecule has 4 aromatic carbocycles. The van der Waals surface area contributed by atoms with E-state index in [1.807, 2.05) is 75.4 Å². The molecule has 5 nitrogen and oxygen atoms in total. The minimum atomic E-state index is -3.73. The first-order chi connectivity index (χ1) is 19.3. The van der Waals surface area contributed by atoms with E-state index in [1.165, 1.54) is 10.8 Å². The fourth-order valence-corrected chi connectivity index (χ4v) is 8.26. The number of fused-ring (bicyclic) bond motifs is 2. The molecule has 0 bridgehead atoms. The summed E-state index contributed by atoms with van der Waals surface area (Å²) in [6.07, 6.45) is 2.64. The van der Waals surface area contributed by atoms with Crippen molar-refractivity contribution < 1.29 is 8.42 Å². The lowest BCUT2D eigenvalue weighted by atomic mass is 10.1. The maximum atomic E-state index is 14.1. The maximum absolute atomic E-state index is 14.1. The molecule has 0 aliphatic rings.